The zero-order chi connectivity index (χ0) is 6.91. The highest BCUT2D eigenvalue weighted by atomic mass is 31.2. The lowest BCUT2D eigenvalue weighted by Gasteiger charge is -2.13. The predicted octanol–water partition coefficient (Wildman–Crippen LogP) is 1.21. The van der Waals surface area contributed by atoms with Crippen LogP contribution in [0.25, 0.3) is 0 Å². The Kier molecular flexibility index (Phi) is 1.94. The van der Waals surface area contributed by atoms with Crippen molar-refractivity contribution in [2.45, 2.75) is 19.5 Å². The zero-order valence-corrected chi connectivity index (χ0v) is 6.65. The van der Waals surface area contributed by atoms with Gasteiger partial charge < -0.3 is 4.52 Å². The summed E-state index contributed by atoms with van der Waals surface area (Å²) in [6, 6.07) is 0. The molecule has 1 atom stereocenters. The average molecular weight is 149 g/mol. The molecule has 1 heterocycles. The zero-order valence-electron chi connectivity index (χ0n) is 5.76. The molecule has 1 rings (SSSR count). The summed E-state index contributed by atoms with van der Waals surface area (Å²) in [6.45, 7) is 5.13. The van der Waals surface area contributed by atoms with Crippen LogP contribution in [0.3, 0.4) is 0 Å². The van der Waals surface area contributed by atoms with E-state index in [1.807, 2.05) is 13.8 Å². The summed E-state index contributed by atoms with van der Waals surface area (Å²) >= 11 is 0. The molecule has 1 unspecified atom stereocenters. The van der Waals surface area contributed by atoms with E-state index < -0.39 is 7.52 Å². The molecule has 3 nitrogen and oxygen atoms in total. The fraction of sp³-hybridized carbons (Fsp3) is 1.00. The Labute approximate surface area is 55.3 Å². The SMILES string of the molecule is CC(C)P1(=O)NCCO1. The van der Waals surface area contributed by atoms with Gasteiger partial charge in [-0.2, -0.15) is 0 Å². The summed E-state index contributed by atoms with van der Waals surface area (Å²) in [5, 5.41) is 2.87. The highest BCUT2D eigenvalue weighted by molar-refractivity contribution is 7.57. The molecule has 0 spiro atoms. The first-order chi connectivity index (χ1) is 4.15. The minimum atomic E-state index is -2.39. The molecule has 1 saturated heterocycles. The van der Waals surface area contributed by atoms with Crippen molar-refractivity contribution in [3.8, 4) is 0 Å². The lowest BCUT2D eigenvalue weighted by atomic mass is 10.6. The quantitative estimate of drug-likeness (QED) is 0.569. The van der Waals surface area contributed by atoms with Gasteiger partial charge in [0.25, 0.3) is 7.52 Å². The van der Waals surface area contributed by atoms with Crippen LogP contribution in [0.5, 0.6) is 0 Å². The van der Waals surface area contributed by atoms with E-state index in [0.717, 1.165) is 6.54 Å². The van der Waals surface area contributed by atoms with Gasteiger partial charge in [0.05, 0.1) is 6.61 Å². The maximum atomic E-state index is 11.4. The van der Waals surface area contributed by atoms with E-state index in [-0.39, 0.29) is 5.66 Å². The highest BCUT2D eigenvalue weighted by Gasteiger charge is 2.30. The summed E-state index contributed by atoms with van der Waals surface area (Å²) in [7, 11) is -2.39. The molecule has 54 valence electrons. The first-order valence-corrected chi connectivity index (χ1v) is 4.84. The van der Waals surface area contributed by atoms with Crippen LogP contribution in [-0.4, -0.2) is 18.8 Å². The Hall–Kier alpha value is 0.150. The fourth-order valence-corrected chi connectivity index (χ4v) is 2.28. The van der Waals surface area contributed by atoms with Crippen LogP contribution >= 0.6 is 7.52 Å². The van der Waals surface area contributed by atoms with E-state index in [4.69, 9.17) is 4.52 Å². The summed E-state index contributed by atoms with van der Waals surface area (Å²) in [5.41, 5.74) is 0.111. The molecule has 1 aliphatic heterocycles. The minimum absolute atomic E-state index is 0.111. The van der Waals surface area contributed by atoms with Crippen LogP contribution in [0, 0.1) is 0 Å². The van der Waals surface area contributed by atoms with Gasteiger partial charge >= 0.3 is 0 Å². The van der Waals surface area contributed by atoms with Crippen molar-refractivity contribution < 1.29 is 9.09 Å². The molecule has 4 heteroatoms. The minimum Gasteiger partial charge on any atom is -0.316 e. The molecule has 0 radical (unpaired) electrons. The van der Waals surface area contributed by atoms with Crippen molar-refractivity contribution in [3.63, 3.8) is 0 Å². The lowest BCUT2D eigenvalue weighted by molar-refractivity contribution is 0.353. The lowest BCUT2D eigenvalue weighted by Crippen LogP contribution is -2.09. The van der Waals surface area contributed by atoms with Crippen molar-refractivity contribution >= 4 is 7.52 Å². The third kappa shape index (κ3) is 1.34. The molecular weight excluding hydrogens is 137 g/mol. The van der Waals surface area contributed by atoms with Crippen LogP contribution in [0.15, 0.2) is 0 Å². The number of nitrogens with one attached hydrogen (secondary N) is 1. The Morgan fingerprint density at radius 1 is 1.67 bits per heavy atom. The van der Waals surface area contributed by atoms with E-state index in [9.17, 15) is 4.57 Å². The average Bonchev–Trinajstić information content (AvgIpc) is 2.16. The Balaban J connectivity index is 2.62. The van der Waals surface area contributed by atoms with E-state index in [0.29, 0.717) is 6.61 Å². The molecular formula is C5H12NO2P. The standard InChI is InChI=1S/C5H12NO2P/c1-5(2)9(7)6-3-4-8-9/h5H,3-4H2,1-2H3,(H,6,7). The summed E-state index contributed by atoms with van der Waals surface area (Å²) in [6.07, 6.45) is 0. The van der Waals surface area contributed by atoms with E-state index in [1.54, 1.807) is 0 Å². The van der Waals surface area contributed by atoms with Crippen LogP contribution in [0.4, 0.5) is 0 Å². The maximum Gasteiger partial charge on any atom is 0.272 e. The second kappa shape index (κ2) is 2.41. The molecule has 0 aliphatic carbocycles. The van der Waals surface area contributed by atoms with Crippen molar-refractivity contribution in [1.29, 1.82) is 0 Å². The van der Waals surface area contributed by atoms with Gasteiger partial charge in [0.1, 0.15) is 0 Å². The number of hydrogen-bond acceptors (Lipinski definition) is 2. The van der Waals surface area contributed by atoms with Crippen LogP contribution in [-0.2, 0) is 9.09 Å². The highest BCUT2D eigenvalue weighted by Crippen LogP contribution is 2.49. The maximum absolute atomic E-state index is 11.4. The van der Waals surface area contributed by atoms with Gasteiger partial charge in [0.15, 0.2) is 0 Å². The van der Waals surface area contributed by atoms with E-state index in [2.05, 4.69) is 5.09 Å². The largest absolute Gasteiger partial charge is 0.316 e. The van der Waals surface area contributed by atoms with Gasteiger partial charge in [0.2, 0.25) is 0 Å². The monoisotopic (exact) mass is 149 g/mol. The summed E-state index contributed by atoms with van der Waals surface area (Å²) in [4.78, 5) is 0. The van der Waals surface area contributed by atoms with E-state index >= 15 is 0 Å². The Bertz CT molecular complexity index is 136. The van der Waals surface area contributed by atoms with Crippen LogP contribution < -0.4 is 5.09 Å². The second-order valence-electron chi connectivity index (χ2n) is 2.43. The number of rotatable bonds is 1. The predicted molar refractivity (Wildman–Crippen MR) is 36.7 cm³/mol. The third-order valence-corrected chi connectivity index (χ3v) is 3.99. The Morgan fingerprint density at radius 3 is 2.56 bits per heavy atom. The first-order valence-electron chi connectivity index (χ1n) is 3.14. The first kappa shape index (κ1) is 7.26. The van der Waals surface area contributed by atoms with Gasteiger partial charge in [0, 0.05) is 12.2 Å². The molecule has 0 aromatic rings. The van der Waals surface area contributed by atoms with Crippen LogP contribution in [0.1, 0.15) is 13.8 Å². The molecule has 1 N–H and O–H groups in total. The van der Waals surface area contributed by atoms with Crippen molar-refractivity contribution in [1.82, 2.24) is 5.09 Å². The van der Waals surface area contributed by atoms with Gasteiger partial charge in [-0.3, -0.25) is 4.57 Å². The van der Waals surface area contributed by atoms with Crippen molar-refractivity contribution in [3.05, 3.63) is 0 Å². The smallest absolute Gasteiger partial charge is 0.272 e. The molecule has 0 amide bonds. The topological polar surface area (TPSA) is 38.3 Å². The van der Waals surface area contributed by atoms with Crippen LogP contribution in [0.2, 0.25) is 0 Å². The number of hydrogen-bond donors (Lipinski definition) is 1. The second-order valence-corrected chi connectivity index (χ2v) is 5.23. The molecule has 0 aromatic heterocycles. The van der Waals surface area contributed by atoms with Crippen molar-refractivity contribution in [2.75, 3.05) is 13.2 Å². The Morgan fingerprint density at radius 2 is 2.33 bits per heavy atom. The van der Waals surface area contributed by atoms with Gasteiger partial charge in [-0.05, 0) is 0 Å². The molecule has 0 bridgehead atoms. The summed E-state index contributed by atoms with van der Waals surface area (Å²) in [5.74, 6) is 0. The summed E-state index contributed by atoms with van der Waals surface area (Å²) < 4.78 is 16.4. The third-order valence-electron chi connectivity index (χ3n) is 1.40. The van der Waals surface area contributed by atoms with E-state index in [1.165, 1.54) is 0 Å². The molecule has 1 aliphatic rings. The molecule has 0 saturated carbocycles. The molecule has 0 aromatic carbocycles. The fourth-order valence-electron chi connectivity index (χ4n) is 0.760. The van der Waals surface area contributed by atoms with Gasteiger partial charge in [-0.1, -0.05) is 13.8 Å². The normalized spacial score (nSPS) is 35.9. The molecule has 1 fully saturated rings. The van der Waals surface area contributed by atoms with Gasteiger partial charge in [-0.25, -0.2) is 5.09 Å². The molecule has 9 heavy (non-hydrogen) atoms. The van der Waals surface area contributed by atoms with Crippen molar-refractivity contribution in [2.24, 2.45) is 0 Å². The van der Waals surface area contributed by atoms with Gasteiger partial charge in [-0.15, -0.1) is 0 Å².